The summed E-state index contributed by atoms with van der Waals surface area (Å²) in [4.78, 5) is 36.9. The summed E-state index contributed by atoms with van der Waals surface area (Å²) in [5.41, 5.74) is 1.01. The monoisotopic (exact) mass is 620 g/mol. The van der Waals surface area contributed by atoms with E-state index in [-0.39, 0.29) is 34.1 Å². The average molecular weight is 622 g/mol. The van der Waals surface area contributed by atoms with Crippen molar-refractivity contribution < 1.29 is 9.59 Å². The maximum absolute atomic E-state index is 13.2. The largest absolute Gasteiger partial charge is 0.364 e. The molecule has 1 spiro atoms. The molecule has 0 aromatic heterocycles. The summed E-state index contributed by atoms with van der Waals surface area (Å²) in [5.74, 6) is 15.7. The molecule has 4 aliphatic rings. The van der Waals surface area contributed by atoms with Crippen LogP contribution in [0.3, 0.4) is 0 Å². The third-order valence-electron chi connectivity index (χ3n) is 6.83. The highest BCUT2D eigenvalue weighted by Gasteiger charge is 2.44. The van der Waals surface area contributed by atoms with Gasteiger partial charge in [-0.05, 0) is 30.5 Å². The molecule has 41 heavy (non-hydrogen) atoms. The first-order valence-electron chi connectivity index (χ1n) is 12.3. The van der Waals surface area contributed by atoms with Gasteiger partial charge in [-0.25, -0.2) is 15.8 Å². The van der Waals surface area contributed by atoms with Crippen LogP contribution in [0.15, 0.2) is 77.0 Å². The molecule has 2 amide bonds. The molecule has 1 aromatic carbocycles. The predicted octanol–water partition coefficient (Wildman–Crippen LogP) is 0.927. The Kier molecular flexibility index (Phi) is 8.30. The number of carbonyl (C=O) groups is 2. The van der Waals surface area contributed by atoms with Crippen LogP contribution in [0.5, 0.6) is 0 Å². The smallest absolute Gasteiger partial charge is 0.270 e. The maximum Gasteiger partial charge on any atom is 0.270 e. The molecule has 1 fully saturated rings. The van der Waals surface area contributed by atoms with Crippen LogP contribution in [0.4, 0.5) is 0 Å². The number of hydrazine groups is 1. The summed E-state index contributed by atoms with van der Waals surface area (Å²) in [6.07, 6.45) is 1.12. The lowest BCUT2D eigenvalue weighted by Crippen LogP contribution is -2.55. The summed E-state index contributed by atoms with van der Waals surface area (Å²) >= 11 is 13.6. The predicted molar refractivity (Wildman–Crippen MR) is 153 cm³/mol. The number of amides is 2. The molecule has 1 saturated heterocycles. The van der Waals surface area contributed by atoms with Crippen LogP contribution in [-0.4, -0.2) is 64.7 Å². The van der Waals surface area contributed by atoms with Crippen molar-refractivity contribution in [2.45, 2.75) is 29.8 Å². The summed E-state index contributed by atoms with van der Waals surface area (Å²) in [5, 5.41) is 26.0. The molecular formula is C22H26Cl2N14O2S. The van der Waals surface area contributed by atoms with E-state index in [2.05, 4.69) is 41.6 Å². The molecular weight excluding hydrogens is 595 g/mol. The van der Waals surface area contributed by atoms with E-state index >= 15 is 0 Å². The first kappa shape index (κ1) is 28.6. The van der Waals surface area contributed by atoms with Gasteiger partial charge in [0.1, 0.15) is 11.1 Å². The van der Waals surface area contributed by atoms with E-state index in [9.17, 15) is 9.59 Å². The van der Waals surface area contributed by atoms with E-state index < -0.39 is 17.5 Å². The number of amidine groups is 1. The van der Waals surface area contributed by atoms with Crippen LogP contribution in [0.25, 0.3) is 0 Å². The number of nitrogens with zero attached hydrogens (tertiary/aromatic N) is 8. The van der Waals surface area contributed by atoms with Crippen molar-refractivity contribution in [2.24, 2.45) is 48.2 Å². The molecule has 2 unspecified atom stereocenters. The van der Waals surface area contributed by atoms with Gasteiger partial charge in [0.15, 0.2) is 17.0 Å². The van der Waals surface area contributed by atoms with Gasteiger partial charge in [0.25, 0.3) is 11.8 Å². The fourth-order valence-electron chi connectivity index (χ4n) is 4.74. The number of nitrogens with one attached hydrogen (secondary N) is 3. The van der Waals surface area contributed by atoms with Gasteiger partial charge in [-0.15, -0.1) is 22.0 Å². The van der Waals surface area contributed by atoms with Gasteiger partial charge in [-0.2, -0.15) is 0 Å². The quantitative estimate of drug-likeness (QED) is 0.121. The van der Waals surface area contributed by atoms with Crippen LogP contribution < -0.4 is 33.5 Å². The zero-order valence-electron chi connectivity index (χ0n) is 21.4. The molecule has 0 bridgehead atoms. The Morgan fingerprint density at radius 3 is 2.49 bits per heavy atom. The van der Waals surface area contributed by atoms with Crippen molar-refractivity contribution in [1.82, 2.24) is 25.9 Å². The van der Waals surface area contributed by atoms with Crippen molar-refractivity contribution in [2.75, 3.05) is 19.6 Å². The molecule has 216 valence electrons. The number of nitrogens with two attached hydrogens (primary N) is 3. The lowest BCUT2D eigenvalue weighted by molar-refractivity contribution is -0.129. The zero-order chi connectivity index (χ0) is 29.1. The second kappa shape index (κ2) is 11.9. The van der Waals surface area contributed by atoms with Gasteiger partial charge in [0, 0.05) is 23.5 Å². The van der Waals surface area contributed by atoms with Crippen molar-refractivity contribution in [3.63, 3.8) is 0 Å². The topological polar surface area (TPSA) is 229 Å². The fraction of sp³-hybridized carbons (Fsp3) is 0.364. The second-order valence-corrected chi connectivity index (χ2v) is 11.2. The number of guanidine groups is 1. The van der Waals surface area contributed by atoms with Gasteiger partial charge in [0.05, 0.1) is 12.1 Å². The SMILES string of the molecule is NN=NC1=NC(N=NN)=C(Cl)NC1C(=O)NC1=NC2(CCN(C(=O)C3=CSC(c4ccc(Cl)cc4)N3)CC2)CN1N. The van der Waals surface area contributed by atoms with Crippen LogP contribution >= 0.6 is 35.0 Å². The molecule has 4 heterocycles. The Bertz CT molecular complexity index is 1400. The number of likely N-dealkylation sites (tertiary alicyclic amines) is 1. The number of thioether (sulfide) groups is 1. The van der Waals surface area contributed by atoms with Crippen molar-refractivity contribution in [1.29, 1.82) is 0 Å². The molecule has 5 rings (SSSR count). The zero-order valence-corrected chi connectivity index (χ0v) is 23.7. The number of carbonyl (C=O) groups excluding carboxylic acids is 2. The summed E-state index contributed by atoms with van der Waals surface area (Å²) < 4.78 is 0. The first-order chi connectivity index (χ1) is 19.7. The average Bonchev–Trinajstić information content (AvgIpc) is 3.56. The van der Waals surface area contributed by atoms with Gasteiger partial charge in [-0.3, -0.25) is 19.9 Å². The highest BCUT2D eigenvalue weighted by molar-refractivity contribution is 8.02. The van der Waals surface area contributed by atoms with Gasteiger partial charge < -0.3 is 27.2 Å². The van der Waals surface area contributed by atoms with Crippen molar-refractivity contribution >= 4 is 58.6 Å². The normalized spacial score (nSPS) is 23.9. The van der Waals surface area contributed by atoms with E-state index in [1.165, 1.54) is 16.8 Å². The van der Waals surface area contributed by atoms with E-state index in [0.29, 0.717) is 43.2 Å². The van der Waals surface area contributed by atoms with E-state index in [0.717, 1.165) is 5.56 Å². The molecule has 0 saturated carbocycles. The molecule has 2 atom stereocenters. The Hall–Kier alpha value is -3.93. The summed E-state index contributed by atoms with van der Waals surface area (Å²) in [7, 11) is 0. The third kappa shape index (κ3) is 6.07. The molecule has 19 heteroatoms. The molecule has 0 aliphatic carbocycles. The van der Waals surface area contributed by atoms with Crippen molar-refractivity contribution in [3.05, 3.63) is 56.9 Å². The molecule has 1 aromatic rings. The highest BCUT2D eigenvalue weighted by atomic mass is 35.5. The number of hydrogen-bond donors (Lipinski definition) is 6. The summed E-state index contributed by atoms with van der Waals surface area (Å²) in [6, 6.07) is 6.35. The lowest BCUT2D eigenvalue weighted by Gasteiger charge is -2.37. The molecule has 16 nitrogen and oxygen atoms in total. The Morgan fingerprint density at radius 2 is 1.80 bits per heavy atom. The number of piperidine rings is 1. The molecule has 9 N–H and O–H groups in total. The minimum absolute atomic E-state index is 0.0590. The highest BCUT2D eigenvalue weighted by Crippen LogP contribution is 2.36. The number of aliphatic imine (C=N–C) groups is 2. The molecule has 4 aliphatic heterocycles. The van der Waals surface area contributed by atoms with Gasteiger partial charge in [0.2, 0.25) is 11.8 Å². The minimum atomic E-state index is -1.17. The lowest BCUT2D eigenvalue weighted by atomic mass is 9.88. The van der Waals surface area contributed by atoms with Gasteiger partial charge >= 0.3 is 0 Å². The fourth-order valence-corrected chi connectivity index (χ4v) is 6.01. The number of halogens is 2. The Balaban J connectivity index is 1.19. The Labute approximate surface area is 248 Å². The maximum atomic E-state index is 13.2. The third-order valence-corrected chi connectivity index (χ3v) is 8.39. The van der Waals surface area contributed by atoms with Crippen LogP contribution in [0, 0.1) is 0 Å². The molecule has 0 radical (unpaired) electrons. The number of benzene rings is 1. The van der Waals surface area contributed by atoms with Crippen LogP contribution in [0.1, 0.15) is 23.8 Å². The van der Waals surface area contributed by atoms with Gasteiger partial charge in [-0.1, -0.05) is 45.8 Å². The standard InChI is InChI=1S/C22H26Cl2N14O2S/c23-12-3-1-11(2-4-12)19-28-13(9-41-19)20(40)37-7-5-22(6-8-37)10-38(27)21(32-22)31-18(39)14-16(33-35-25)30-17(34-36-26)15(24)29-14/h1-4,9,14,19,28-29H,5-8,10,27H2,(H2,26,34)(H2,25,30,33)(H,31,32,39). The second-order valence-electron chi connectivity index (χ2n) is 9.43. The van der Waals surface area contributed by atoms with Crippen LogP contribution in [-0.2, 0) is 9.59 Å². The van der Waals surface area contributed by atoms with E-state index in [1.807, 2.05) is 29.7 Å². The number of rotatable bonds is 4. The Morgan fingerprint density at radius 1 is 1.10 bits per heavy atom. The minimum Gasteiger partial charge on any atom is -0.364 e. The van der Waals surface area contributed by atoms with Crippen LogP contribution in [0.2, 0.25) is 5.02 Å². The van der Waals surface area contributed by atoms with Crippen molar-refractivity contribution in [3.8, 4) is 0 Å². The van der Waals surface area contributed by atoms with E-state index in [4.69, 9.17) is 45.7 Å². The first-order valence-corrected chi connectivity index (χ1v) is 14.0. The summed E-state index contributed by atoms with van der Waals surface area (Å²) in [6.45, 7) is 1.32. The van der Waals surface area contributed by atoms with E-state index in [1.54, 1.807) is 4.90 Å². The number of hydrogen-bond acceptors (Lipinski definition) is 13.